The summed E-state index contributed by atoms with van der Waals surface area (Å²) in [4.78, 5) is 25.1. The van der Waals surface area contributed by atoms with Crippen LogP contribution in [0.25, 0.3) is 10.8 Å². The van der Waals surface area contributed by atoms with Crippen LogP contribution >= 0.6 is 11.6 Å². The Morgan fingerprint density at radius 2 is 1.77 bits per heavy atom. The minimum Gasteiger partial charge on any atom is -0.475 e. The maximum atomic E-state index is 12.0. The number of benzene rings is 2. The third-order valence-corrected chi connectivity index (χ3v) is 4.61. The number of hydrogen-bond donors (Lipinski definition) is 5. The van der Waals surface area contributed by atoms with Crippen molar-refractivity contribution in [2.24, 2.45) is 5.73 Å². The Hall–Kier alpha value is -3.85. The summed E-state index contributed by atoms with van der Waals surface area (Å²) in [6.45, 7) is 0.193. The lowest BCUT2D eigenvalue weighted by Crippen LogP contribution is -2.36. The molecule has 0 saturated carbocycles. The average molecular weight is 509 g/mol. The molecule has 0 spiro atoms. The second-order valence-corrected chi connectivity index (χ2v) is 7.42. The molecular weight excluding hydrogens is 489 g/mol. The molecule has 0 radical (unpaired) electrons. The number of alkyl halides is 3. The highest BCUT2D eigenvalue weighted by molar-refractivity contribution is 6.31. The largest absolute Gasteiger partial charge is 0.490 e. The fourth-order valence-corrected chi connectivity index (χ4v) is 2.74. The van der Waals surface area contributed by atoms with Gasteiger partial charge in [0.05, 0.1) is 11.7 Å². The van der Waals surface area contributed by atoms with Crippen LogP contribution in [-0.2, 0) is 4.79 Å². The number of nitrogens with one attached hydrogen (secondary N) is 1. The Morgan fingerprint density at radius 1 is 1.14 bits per heavy atom. The molecule has 12 heteroatoms. The standard InChI is InChI=1S/C21H19ClN4O2.C2HF3O2/c22-16-7-6-15-11-25-20(24)18(19(15)9-16)8-3-13-1-4-14(5-2-13)21(28)26-12-17(27)10-23;3-2(4,5)1(6)7/h1-2,4-7,9,11,17,27H,10,12,23H2,(H2,24,25)(H,26,28);(H,6,7). The zero-order chi connectivity index (χ0) is 26.2. The smallest absolute Gasteiger partial charge is 0.475 e. The van der Waals surface area contributed by atoms with Crippen LogP contribution in [0.15, 0.2) is 48.7 Å². The number of anilines is 1. The van der Waals surface area contributed by atoms with Gasteiger partial charge in [0.2, 0.25) is 0 Å². The summed E-state index contributed by atoms with van der Waals surface area (Å²) in [7, 11) is 0. The lowest BCUT2D eigenvalue weighted by Gasteiger charge is -2.09. The van der Waals surface area contributed by atoms with Gasteiger partial charge in [-0.2, -0.15) is 13.2 Å². The van der Waals surface area contributed by atoms with Gasteiger partial charge in [-0.3, -0.25) is 4.79 Å². The number of nitrogens with zero attached hydrogens (tertiary/aromatic N) is 1. The number of halogens is 4. The van der Waals surface area contributed by atoms with E-state index < -0.39 is 18.2 Å². The number of carboxylic acids is 1. The van der Waals surface area contributed by atoms with Gasteiger partial charge in [-0.1, -0.05) is 29.5 Å². The van der Waals surface area contributed by atoms with Gasteiger partial charge >= 0.3 is 12.1 Å². The molecule has 3 rings (SSSR count). The Morgan fingerprint density at radius 3 is 2.34 bits per heavy atom. The highest BCUT2D eigenvalue weighted by Gasteiger charge is 2.38. The predicted molar refractivity (Wildman–Crippen MR) is 125 cm³/mol. The summed E-state index contributed by atoms with van der Waals surface area (Å²) in [5.74, 6) is 3.38. The van der Waals surface area contributed by atoms with Crippen LogP contribution in [0.4, 0.5) is 19.0 Å². The number of carbonyl (C=O) groups excluding carboxylic acids is 1. The van der Waals surface area contributed by atoms with E-state index in [2.05, 4.69) is 22.1 Å². The van der Waals surface area contributed by atoms with E-state index in [0.29, 0.717) is 22.0 Å². The molecule has 0 aliphatic carbocycles. The van der Waals surface area contributed by atoms with Crippen LogP contribution in [0.3, 0.4) is 0 Å². The molecule has 184 valence electrons. The second kappa shape index (κ2) is 12.0. The molecule has 2 aromatic carbocycles. The van der Waals surface area contributed by atoms with Gasteiger partial charge < -0.3 is 27.0 Å². The lowest BCUT2D eigenvalue weighted by atomic mass is 10.1. The SMILES string of the molecule is NCC(O)CNC(=O)c1ccc(C#Cc2c(N)ncc3ccc(Cl)cc23)cc1.O=C(O)C(F)(F)F. The molecule has 8 nitrogen and oxygen atoms in total. The number of nitrogen functional groups attached to an aromatic ring is 1. The predicted octanol–water partition coefficient (Wildman–Crippen LogP) is 2.55. The van der Waals surface area contributed by atoms with E-state index in [1.165, 1.54) is 0 Å². The van der Waals surface area contributed by atoms with Crippen molar-refractivity contribution in [3.05, 3.63) is 70.4 Å². The number of aromatic nitrogens is 1. The number of pyridine rings is 1. The third-order valence-electron chi connectivity index (χ3n) is 4.38. The van der Waals surface area contributed by atoms with Crippen molar-refractivity contribution >= 4 is 40.1 Å². The number of nitrogens with two attached hydrogens (primary N) is 2. The number of aliphatic hydroxyl groups excluding tert-OH is 1. The van der Waals surface area contributed by atoms with Gasteiger partial charge in [0, 0.05) is 46.2 Å². The first-order valence-corrected chi connectivity index (χ1v) is 10.2. The van der Waals surface area contributed by atoms with E-state index in [0.717, 1.165) is 16.3 Å². The lowest BCUT2D eigenvalue weighted by molar-refractivity contribution is -0.192. The van der Waals surface area contributed by atoms with Crippen LogP contribution in [0.1, 0.15) is 21.5 Å². The first-order valence-electron chi connectivity index (χ1n) is 9.84. The van der Waals surface area contributed by atoms with Crippen LogP contribution in [0.2, 0.25) is 5.02 Å². The van der Waals surface area contributed by atoms with Crippen molar-refractivity contribution in [1.82, 2.24) is 10.3 Å². The molecule has 0 aliphatic heterocycles. The Bertz CT molecular complexity index is 1270. The summed E-state index contributed by atoms with van der Waals surface area (Å²) in [5, 5.41) is 21.5. The van der Waals surface area contributed by atoms with Gasteiger partial charge in [0.25, 0.3) is 5.91 Å². The molecule has 1 amide bonds. The number of rotatable bonds is 4. The maximum absolute atomic E-state index is 12.0. The summed E-state index contributed by atoms with van der Waals surface area (Å²) in [6, 6.07) is 12.3. The van der Waals surface area contributed by atoms with Crippen molar-refractivity contribution in [2.75, 3.05) is 18.8 Å². The number of carbonyl (C=O) groups is 2. The van der Waals surface area contributed by atoms with E-state index in [9.17, 15) is 23.1 Å². The third kappa shape index (κ3) is 8.15. The first kappa shape index (κ1) is 27.4. The van der Waals surface area contributed by atoms with E-state index in [-0.39, 0.29) is 19.0 Å². The van der Waals surface area contributed by atoms with Crippen LogP contribution in [-0.4, -0.2) is 52.4 Å². The van der Waals surface area contributed by atoms with Gasteiger partial charge in [0.15, 0.2) is 0 Å². The molecule has 7 N–H and O–H groups in total. The van der Waals surface area contributed by atoms with E-state index in [1.807, 2.05) is 12.1 Å². The van der Waals surface area contributed by atoms with Crippen molar-refractivity contribution < 1.29 is 33.0 Å². The first-order chi connectivity index (χ1) is 16.4. The highest BCUT2D eigenvalue weighted by atomic mass is 35.5. The molecule has 0 aliphatic rings. The minimum atomic E-state index is -5.08. The van der Waals surface area contributed by atoms with E-state index in [4.69, 9.17) is 33.0 Å². The van der Waals surface area contributed by atoms with Gasteiger partial charge in [-0.05, 0) is 36.4 Å². The monoisotopic (exact) mass is 508 g/mol. The summed E-state index contributed by atoms with van der Waals surface area (Å²) >= 11 is 6.09. The molecule has 1 aromatic heterocycles. The van der Waals surface area contributed by atoms with Crippen molar-refractivity contribution in [3.8, 4) is 11.8 Å². The van der Waals surface area contributed by atoms with Gasteiger partial charge in [-0.15, -0.1) is 0 Å². The Balaban J connectivity index is 0.000000540. The zero-order valence-electron chi connectivity index (χ0n) is 17.9. The number of amides is 1. The molecule has 0 bridgehead atoms. The second-order valence-electron chi connectivity index (χ2n) is 6.98. The molecular formula is C23H20ClF3N4O4. The van der Waals surface area contributed by atoms with Crippen molar-refractivity contribution in [3.63, 3.8) is 0 Å². The normalized spacial score (nSPS) is 11.5. The van der Waals surface area contributed by atoms with E-state index in [1.54, 1.807) is 36.5 Å². The molecule has 3 aromatic rings. The van der Waals surface area contributed by atoms with E-state index >= 15 is 0 Å². The molecule has 1 heterocycles. The van der Waals surface area contributed by atoms with Crippen molar-refractivity contribution in [1.29, 1.82) is 0 Å². The molecule has 1 unspecified atom stereocenters. The number of aliphatic hydroxyl groups is 1. The summed E-state index contributed by atoms with van der Waals surface area (Å²) in [6.07, 6.45) is -4.16. The Labute approximate surface area is 202 Å². The summed E-state index contributed by atoms with van der Waals surface area (Å²) in [5.41, 5.74) is 13.1. The minimum absolute atomic E-state index is 0.0895. The number of hydrogen-bond acceptors (Lipinski definition) is 6. The molecule has 1 atom stereocenters. The zero-order valence-corrected chi connectivity index (χ0v) is 18.7. The number of carboxylic acid groups (broad SMARTS) is 1. The average Bonchev–Trinajstić information content (AvgIpc) is 2.81. The number of fused-ring (bicyclic) bond motifs is 1. The fraction of sp³-hybridized carbons (Fsp3) is 0.174. The fourth-order valence-electron chi connectivity index (χ4n) is 2.57. The van der Waals surface area contributed by atoms with Crippen LogP contribution in [0.5, 0.6) is 0 Å². The Kier molecular flexibility index (Phi) is 9.42. The molecule has 0 saturated heterocycles. The summed E-state index contributed by atoms with van der Waals surface area (Å²) < 4.78 is 31.7. The number of aliphatic carboxylic acids is 1. The van der Waals surface area contributed by atoms with Crippen LogP contribution in [0, 0.1) is 11.8 Å². The molecule has 35 heavy (non-hydrogen) atoms. The molecule has 0 fully saturated rings. The topological polar surface area (TPSA) is 152 Å². The van der Waals surface area contributed by atoms with Gasteiger partial charge in [0.1, 0.15) is 5.82 Å². The maximum Gasteiger partial charge on any atom is 0.490 e. The quantitative estimate of drug-likeness (QED) is 0.340. The van der Waals surface area contributed by atoms with Crippen LogP contribution < -0.4 is 16.8 Å². The highest BCUT2D eigenvalue weighted by Crippen LogP contribution is 2.24. The van der Waals surface area contributed by atoms with Crippen molar-refractivity contribution in [2.45, 2.75) is 12.3 Å². The van der Waals surface area contributed by atoms with Gasteiger partial charge in [-0.25, -0.2) is 9.78 Å².